The average Bonchev–Trinajstić information content (AvgIpc) is 3.21. The fourth-order valence-electron chi connectivity index (χ4n) is 1.87. The smallest absolute Gasteiger partial charge is 0.234 e. The third-order valence-electron chi connectivity index (χ3n) is 2.94. The summed E-state index contributed by atoms with van der Waals surface area (Å²) in [6.07, 6.45) is 1.58. The number of tetrazole rings is 1. The molecule has 124 valence electrons. The summed E-state index contributed by atoms with van der Waals surface area (Å²) in [6, 6.07) is 8.62. The molecule has 0 saturated heterocycles. The zero-order chi connectivity index (χ0) is 16.9. The number of nitrogens with zero attached hydrogens (tertiary/aromatic N) is 4. The maximum absolute atomic E-state index is 12.1. The van der Waals surface area contributed by atoms with Crippen LogP contribution in [0.25, 0.3) is 0 Å². The second kappa shape index (κ2) is 7.69. The molecule has 0 bridgehead atoms. The first kappa shape index (κ1) is 16.8. The molecule has 24 heavy (non-hydrogen) atoms. The lowest BCUT2D eigenvalue weighted by molar-refractivity contribution is -0.113. The number of thioether (sulfide) groups is 1. The van der Waals surface area contributed by atoms with Crippen molar-refractivity contribution in [2.45, 2.75) is 11.7 Å². The van der Waals surface area contributed by atoms with Gasteiger partial charge in [-0.05, 0) is 34.7 Å². The number of halogens is 2. The molecule has 0 unspecified atom stereocenters. The molecule has 3 rings (SSSR count). The SMILES string of the molecule is O=C(CSc1nnnn1Cc1ccco1)Nc1c(Cl)cccc1Cl. The van der Waals surface area contributed by atoms with Gasteiger partial charge in [-0.3, -0.25) is 4.79 Å². The molecule has 0 radical (unpaired) electrons. The van der Waals surface area contributed by atoms with Crippen LogP contribution in [0.3, 0.4) is 0 Å². The van der Waals surface area contributed by atoms with E-state index in [4.69, 9.17) is 27.6 Å². The van der Waals surface area contributed by atoms with Gasteiger partial charge in [-0.1, -0.05) is 41.0 Å². The van der Waals surface area contributed by atoms with E-state index in [1.165, 1.54) is 11.8 Å². The van der Waals surface area contributed by atoms with E-state index in [0.717, 1.165) is 5.76 Å². The lowest BCUT2D eigenvalue weighted by Crippen LogP contribution is -2.15. The number of nitrogens with one attached hydrogen (secondary N) is 1. The first-order valence-electron chi connectivity index (χ1n) is 6.78. The molecule has 1 amide bonds. The number of hydrogen-bond donors (Lipinski definition) is 1. The summed E-state index contributed by atoms with van der Waals surface area (Å²) in [4.78, 5) is 12.1. The number of carbonyl (C=O) groups excluding carboxylic acids is 1. The number of carbonyl (C=O) groups is 1. The van der Waals surface area contributed by atoms with Crippen LogP contribution in [0, 0.1) is 0 Å². The Bertz CT molecular complexity index is 817. The molecule has 2 heterocycles. The highest BCUT2D eigenvalue weighted by molar-refractivity contribution is 7.99. The van der Waals surface area contributed by atoms with Crippen LogP contribution in [0.4, 0.5) is 5.69 Å². The zero-order valence-corrected chi connectivity index (χ0v) is 14.5. The van der Waals surface area contributed by atoms with Gasteiger partial charge in [0.05, 0.1) is 27.7 Å². The van der Waals surface area contributed by atoms with Crippen LogP contribution in [0.15, 0.2) is 46.2 Å². The van der Waals surface area contributed by atoms with Gasteiger partial charge in [0.1, 0.15) is 12.3 Å². The maximum atomic E-state index is 12.1. The largest absolute Gasteiger partial charge is 0.467 e. The number of furan rings is 1. The quantitative estimate of drug-likeness (QED) is 0.656. The van der Waals surface area contributed by atoms with Crippen LogP contribution in [0.1, 0.15) is 5.76 Å². The van der Waals surface area contributed by atoms with Crippen LogP contribution < -0.4 is 5.32 Å². The summed E-state index contributed by atoms with van der Waals surface area (Å²) in [7, 11) is 0. The van der Waals surface area contributed by atoms with E-state index in [1.54, 1.807) is 35.2 Å². The van der Waals surface area contributed by atoms with Crippen LogP contribution in [0.5, 0.6) is 0 Å². The molecule has 0 atom stereocenters. The van der Waals surface area contributed by atoms with E-state index in [-0.39, 0.29) is 11.7 Å². The predicted molar refractivity (Wildman–Crippen MR) is 91.4 cm³/mol. The Labute approximate surface area is 151 Å². The maximum Gasteiger partial charge on any atom is 0.234 e. The van der Waals surface area contributed by atoms with E-state index < -0.39 is 0 Å². The number of aromatic nitrogens is 4. The van der Waals surface area contributed by atoms with Gasteiger partial charge in [0.2, 0.25) is 11.1 Å². The Morgan fingerprint density at radius 1 is 1.25 bits per heavy atom. The van der Waals surface area contributed by atoms with Gasteiger partial charge in [-0.2, -0.15) is 0 Å². The molecule has 2 aromatic heterocycles. The first-order valence-corrected chi connectivity index (χ1v) is 8.53. The number of amides is 1. The minimum atomic E-state index is -0.262. The van der Waals surface area contributed by atoms with Gasteiger partial charge in [-0.25, -0.2) is 4.68 Å². The number of para-hydroxylation sites is 1. The first-order chi connectivity index (χ1) is 11.6. The second-order valence-corrected chi connectivity index (χ2v) is 6.39. The highest BCUT2D eigenvalue weighted by Gasteiger charge is 2.13. The lowest BCUT2D eigenvalue weighted by Gasteiger charge is -2.08. The van der Waals surface area contributed by atoms with Crippen LogP contribution >= 0.6 is 35.0 Å². The molecular weight excluding hydrogens is 373 g/mol. The Morgan fingerprint density at radius 3 is 2.75 bits per heavy atom. The molecule has 7 nitrogen and oxygen atoms in total. The Kier molecular flexibility index (Phi) is 5.39. The molecule has 0 saturated carbocycles. The van der Waals surface area contributed by atoms with Gasteiger partial charge >= 0.3 is 0 Å². The van der Waals surface area contributed by atoms with E-state index in [1.807, 2.05) is 6.07 Å². The molecular formula is C14H11Cl2N5O2S. The van der Waals surface area contributed by atoms with E-state index >= 15 is 0 Å². The van der Waals surface area contributed by atoms with E-state index in [9.17, 15) is 4.79 Å². The van der Waals surface area contributed by atoms with Gasteiger partial charge in [0.25, 0.3) is 0 Å². The van der Waals surface area contributed by atoms with Crippen molar-refractivity contribution in [1.82, 2.24) is 20.2 Å². The Morgan fingerprint density at radius 2 is 2.04 bits per heavy atom. The molecule has 10 heteroatoms. The summed E-state index contributed by atoms with van der Waals surface area (Å²) in [5.74, 6) is 0.569. The third kappa shape index (κ3) is 4.08. The van der Waals surface area contributed by atoms with Gasteiger partial charge in [0, 0.05) is 0 Å². The predicted octanol–water partition coefficient (Wildman–Crippen LogP) is 3.35. The van der Waals surface area contributed by atoms with Crippen molar-refractivity contribution >= 4 is 46.6 Å². The van der Waals surface area contributed by atoms with Crippen molar-refractivity contribution in [2.75, 3.05) is 11.1 Å². The number of rotatable bonds is 6. The summed E-state index contributed by atoms with van der Waals surface area (Å²) >= 11 is 13.3. The third-order valence-corrected chi connectivity index (χ3v) is 4.53. The summed E-state index contributed by atoms with van der Waals surface area (Å²) in [6.45, 7) is 0.389. The van der Waals surface area contributed by atoms with Gasteiger partial charge in [0.15, 0.2) is 0 Å². The van der Waals surface area contributed by atoms with Gasteiger partial charge in [-0.15, -0.1) is 5.10 Å². The highest BCUT2D eigenvalue weighted by Crippen LogP contribution is 2.30. The molecule has 1 aromatic carbocycles. The normalized spacial score (nSPS) is 10.8. The molecule has 0 aliphatic carbocycles. The molecule has 0 aliphatic heterocycles. The number of hydrogen-bond acceptors (Lipinski definition) is 6. The van der Waals surface area contributed by atoms with E-state index in [2.05, 4.69) is 20.8 Å². The van der Waals surface area contributed by atoms with Crippen molar-refractivity contribution in [3.8, 4) is 0 Å². The number of benzene rings is 1. The highest BCUT2D eigenvalue weighted by atomic mass is 35.5. The topological polar surface area (TPSA) is 85.8 Å². The second-order valence-electron chi connectivity index (χ2n) is 4.63. The molecule has 0 fully saturated rings. The summed E-state index contributed by atoms with van der Waals surface area (Å²) in [5.41, 5.74) is 0.390. The minimum Gasteiger partial charge on any atom is -0.467 e. The van der Waals surface area contributed by atoms with E-state index in [0.29, 0.717) is 27.4 Å². The van der Waals surface area contributed by atoms with Crippen molar-refractivity contribution in [2.24, 2.45) is 0 Å². The van der Waals surface area contributed by atoms with Gasteiger partial charge < -0.3 is 9.73 Å². The molecule has 0 aliphatic rings. The van der Waals surface area contributed by atoms with Crippen molar-refractivity contribution in [1.29, 1.82) is 0 Å². The standard InChI is InChI=1S/C14H11Cl2N5O2S/c15-10-4-1-5-11(16)13(10)17-12(22)8-24-14-18-19-20-21(14)7-9-3-2-6-23-9/h1-6H,7-8H2,(H,17,22). The Balaban J connectivity index is 1.60. The van der Waals surface area contributed by atoms with Crippen molar-refractivity contribution in [3.05, 3.63) is 52.4 Å². The van der Waals surface area contributed by atoms with Crippen LogP contribution in [-0.4, -0.2) is 31.9 Å². The fraction of sp³-hybridized carbons (Fsp3) is 0.143. The van der Waals surface area contributed by atoms with Crippen LogP contribution in [0.2, 0.25) is 10.0 Å². The average molecular weight is 384 g/mol. The zero-order valence-electron chi connectivity index (χ0n) is 12.1. The lowest BCUT2D eigenvalue weighted by atomic mass is 10.3. The van der Waals surface area contributed by atoms with Crippen molar-refractivity contribution in [3.63, 3.8) is 0 Å². The summed E-state index contributed by atoms with van der Waals surface area (Å²) in [5, 5.41) is 15.4. The minimum absolute atomic E-state index is 0.111. The Hall–Kier alpha value is -2.03. The molecule has 0 spiro atoms. The molecule has 1 N–H and O–H groups in total. The van der Waals surface area contributed by atoms with Crippen LogP contribution in [-0.2, 0) is 11.3 Å². The molecule has 3 aromatic rings. The fourth-order valence-corrected chi connectivity index (χ4v) is 3.04. The summed E-state index contributed by atoms with van der Waals surface area (Å²) < 4.78 is 6.81. The monoisotopic (exact) mass is 383 g/mol. The van der Waals surface area contributed by atoms with Crippen molar-refractivity contribution < 1.29 is 9.21 Å². The number of anilines is 1.